The fourth-order valence-corrected chi connectivity index (χ4v) is 3.54. The molecule has 2 heterocycles. The maximum atomic E-state index is 5.56. The Morgan fingerprint density at radius 3 is 2.43 bits per heavy atom. The van der Waals surface area contributed by atoms with E-state index < -0.39 is 0 Å². The molecule has 8 heteroatoms. The predicted molar refractivity (Wildman–Crippen MR) is 107 cm³/mol. The van der Waals surface area contributed by atoms with E-state index in [9.17, 15) is 0 Å². The van der Waals surface area contributed by atoms with Crippen molar-refractivity contribution < 1.29 is 9.15 Å². The van der Waals surface area contributed by atoms with Crippen LogP contribution in [-0.2, 0) is 5.75 Å². The molecule has 0 bridgehead atoms. The van der Waals surface area contributed by atoms with Gasteiger partial charge in [-0.25, -0.2) is 0 Å². The van der Waals surface area contributed by atoms with Gasteiger partial charge < -0.3 is 9.15 Å². The number of hydrogen-bond acceptors (Lipinski definition) is 7. The molecule has 0 atom stereocenters. The van der Waals surface area contributed by atoms with Crippen LogP contribution in [0.5, 0.6) is 5.75 Å². The van der Waals surface area contributed by atoms with Crippen LogP contribution in [0, 0.1) is 6.92 Å². The van der Waals surface area contributed by atoms with Gasteiger partial charge in [-0.15, -0.1) is 20.4 Å². The molecule has 0 N–H and O–H groups in total. The molecule has 0 aliphatic heterocycles. The number of aromatic nitrogens is 5. The number of benzene rings is 2. The van der Waals surface area contributed by atoms with Gasteiger partial charge in [0.15, 0.2) is 11.0 Å². The molecule has 0 saturated heterocycles. The lowest BCUT2D eigenvalue weighted by Crippen LogP contribution is -2.00. The van der Waals surface area contributed by atoms with Crippen LogP contribution in [0.3, 0.4) is 0 Å². The molecule has 4 aromatic rings. The summed E-state index contributed by atoms with van der Waals surface area (Å²) in [4.78, 5) is 0. The molecule has 0 radical (unpaired) electrons. The second-order valence-electron chi connectivity index (χ2n) is 5.94. The third kappa shape index (κ3) is 3.91. The summed E-state index contributed by atoms with van der Waals surface area (Å²) in [6.45, 7) is 4.37. The largest absolute Gasteiger partial charge is 0.494 e. The molecule has 142 valence electrons. The average molecular weight is 393 g/mol. The minimum Gasteiger partial charge on any atom is -0.494 e. The molecule has 4 rings (SSSR count). The van der Waals surface area contributed by atoms with Gasteiger partial charge in [0, 0.05) is 18.2 Å². The second kappa shape index (κ2) is 8.26. The number of ether oxygens (including phenoxy) is 1. The summed E-state index contributed by atoms with van der Waals surface area (Å²) in [7, 11) is 0. The smallest absolute Gasteiger partial charge is 0.226 e. The van der Waals surface area contributed by atoms with Crippen molar-refractivity contribution in [2.75, 3.05) is 6.61 Å². The van der Waals surface area contributed by atoms with E-state index in [2.05, 4.69) is 20.4 Å². The molecule has 7 nitrogen and oxygen atoms in total. The van der Waals surface area contributed by atoms with Gasteiger partial charge in [0.05, 0.1) is 12.4 Å². The van der Waals surface area contributed by atoms with E-state index in [4.69, 9.17) is 9.15 Å². The van der Waals surface area contributed by atoms with Gasteiger partial charge >= 0.3 is 0 Å². The summed E-state index contributed by atoms with van der Waals surface area (Å²) in [5.74, 6) is 3.23. The minimum absolute atomic E-state index is 0.519. The topological polar surface area (TPSA) is 78.9 Å². The Morgan fingerprint density at radius 2 is 1.75 bits per heavy atom. The number of aryl methyl sites for hydroxylation is 1. The van der Waals surface area contributed by atoms with Gasteiger partial charge in [-0.1, -0.05) is 42.1 Å². The van der Waals surface area contributed by atoms with Crippen LogP contribution in [-0.4, -0.2) is 31.6 Å². The van der Waals surface area contributed by atoms with E-state index in [-0.39, 0.29) is 0 Å². The van der Waals surface area contributed by atoms with Gasteiger partial charge in [-0.05, 0) is 31.2 Å². The summed E-state index contributed by atoms with van der Waals surface area (Å²) < 4.78 is 13.1. The minimum atomic E-state index is 0.519. The number of nitrogens with zero attached hydrogens (tertiary/aromatic N) is 5. The Balaban J connectivity index is 1.70. The Bertz CT molecular complexity index is 1040. The lowest BCUT2D eigenvalue weighted by molar-refractivity contribution is 0.340. The fourth-order valence-electron chi connectivity index (χ4n) is 2.75. The molecule has 28 heavy (non-hydrogen) atoms. The molecule has 0 aliphatic carbocycles. The predicted octanol–water partition coefficient (Wildman–Crippen LogP) is 4.32. The van der Waals surface area contributed by atoms with Crippen LogP contribution in [0.25, 0.3) is 17.1 Å². The zero-order valence-corrected chi connectivity index (χ0v) is 16.4. The molecule has 0 saturated carbocycles. The normalized spacial score (nSPS) is 10.9. The van der Waals surface area contributed by atoms with Gasteiger partial charge in [-0.3, -0.25) is 4.57 Å². The van der Waals surface area contributed by atoms with E-state index in [1.165, 1.54) is 11.8 Å². The molecular formula is C20H19N5O2S. The van der Waals surface area contributed by atoms with Crippen molar-refractivity contribution in [3.05, 3.63) is 66.4 Å². The molecule has 0 unspecified atom stereocenters. The van der Waals surface area contributed by atoms with E-state index in [0.29, 0.717) is 24.1 Å². The van der Waals surface area contributed by atoms with E-state index in [0.717, 1.165) is 28.0 Å². The first-order valence-corrected chi connectivity index (χ1v) is 9.89. The fraction of sp³-hybridized carbons (Fsp3) is 0.200. The van der Waals surface area contributed by atoms with Crippen molar-refractivity contribution in [3.63, 3.8) is 0 Å². The number of thioether (sulfide) groups is 1. The lowest BCUT2D eigenvalue weighted by Gasteiger charge is -2.11. The average Bonchev–Trinajstić information content (AvgIpc) is 3.34. The van der Waals surface area contributed by atoms with Crippen molar-refractivity contribution in [3.8, 4) is 22.8 Å². The first-order chi connectivity index (χ1) is 13.7. The summed E-state index contributed by atoms with van der Waals surface area (Å²) in [6, 6.07) is 17.9. The van der Waals surface area contributed by atoms with Gasteiger partial charge in [0.25, 0.3) is 0 Å². The Morgan fingerprint density at radius 1 is 0.964 bits per heavy atom. The van der Waals surface area contributed by atoms with Crippen LogP contribution in [0.2, 0.25) is 0 Å². The van der Waals surface area contributed by atoms with Crippen LogP contribution < -0.4 is 4.74 Å². The quantitative estimate of drug-likeness (QED) is 0.433. The Kier molecular flexibility index (Phi) is 5.38. The van der Waals surface area contributed by atoms with E-state index in [1.54, 1.807) is 6.92 Å². The SMILES string of the molecule is CCOc1ccc(-n2c(SCc3nnc(C)o3)nnc2-c2ccccc2)cc1. The zero-order chi connectivity index (χ0) is 19.3. The van der Waals surface area contributed by atoms with Gasteiger partial charge in [0.2, 0.25) is 11.8 Å². The molecule has 2 aromatic carbocycles. The maximum absolute atomic E-state index is 5.56. The summed E-state index contributed by atoms with van der Waals surface area (Å²) >= 11 is 1.50. The lowest BCUT2D eigenvalue weighted by atomic mass is 10.2. The molecule has 0 amide bonds. The maximum Gasteiger partial charge on any atom is 0.226 e. The first-order valence-electron chi connectivity index (χ1n) is 8.90. The first kappa shape index (κ1) is 18.2. The van der Waals surface area contributed by atoms with Crippen LogP contribution in [0.15, 0.2) is 64.2 Å². The summed E-state index contributed by atoms with van der Waals surface area (Å²) in [6.07, 6.45) is 0. The van der Waals surface area contributed by atoms with Crippen molar-refractivity contribution in [1.29, 1.82) is 0 Å². The van der Waals surface area contributed by atoms with E-state index >= 15 is 0 Å². The van der Waals surface area contributed by atoms with Crippen molar-refractivity contribution >= 4 is 11.8 Å². The van der Waals surface area contributed by atoms with Crippen LogP contribution >= 0.6 is 11.8 Å². The second-order valence-corrected chi connectivity index (χ2v) is 6.88. The third-order valence-electron chi connectivity index (χ3n) is 3.96. The van der Waals surface area contributed by atoms with Gasteiger partial charge in [-0.2, -0.15) is 0 Å². The highest BCUT2D eigenvalue weighted by atomic mass is 32.2. The van der Waals surface area contributed by atoms with Crippen molar-refractivity contribution in [2.45, 2.75) is 24.8 Å². The van der Waals surface area contributed by atoms with Crippen LogP contribution in [0.4, 0.5) is 0 Å². The number of rotatable bonds is 7. The highest BCUT2D eigenvalue weighted by Crippen LogP contribution is 2.30. The molecule has 0 spiro atoms. The summed E-state index contributed by atoms with van der Waals surface area (Å²) in [5, 5.41) is 17.5. The third-order valence-corrected chi connectivity index (χ3v) is 4.88. The highest BCUT2D eigenvalue weighted by molar-refractivity contribution is 7.98. The highest BCUT2D eigenvalue weighted by Gasteiger charge is 2.17. The Hall–Kier alpha value is -3.13. The monoisotopic (exact) mass is 393 g/mol. The molecule has 2 aromatic heterocycles. The van der Waals surface area contributed by atoms with Crippen molar-refractivity contribution in [1.82, 2.24) is 25.0 Å². The van der Waals surface area contributed by atoms with E-state index in [1.807, 2.05) is 66.1 Å². The standard InChI is InChI=1S/C20H19N5O2S/c1-3-26-17-11-9-16(10-12-17)25-19(15-7-5-4-6-8-15)23-24-20(25)28-13-18-22-21-14(2)27-18/h4-12H,3,13H2,1-2H3. The van der Waals surface area contributed by atoms with Crippen LogP contribution in [0.1, 0.15) is 18.7 Å². The van der Waals surface area contributed by atoms with Crippen molar-refractivity contribution in [2.24, 2.45) is 0 Å². The number of hydrogen-bond donors (Lipinski definition) is 0. The zero-order valence-electron chi connectivity index (χ0n) is 15.6. The molecular weight excluding hydrogens is 374 g/mol. The molecule has 0 fully saturated rings. The molecule has 0 aliphatic rings. The summed E-state index contributed by atoms with van der Waals surface area (Å²) in [5.41, 5.74) is 1.95. The van der Waals surface area contributed by atoms with Gasteiger partial charge in [0.1, 0.15) is 5.75 Å². The Labute approximate surface area is 166 Å².